The van der Waals surface area contributed by atoms with Crippen molar-refractivity contribution in [1.29, 1.82) is 0 Å². The van der Waals surface area contributed by atoms with E-state index in [1.54, 1.807) is 25.6 Å². The fourth-order valence-corrected chi connectivity index (χ4v) is 7.66. The number of hydrogen-bond donors (Lipinski definition) is 2. The van der Waals surface area contributed by atoms with Gasteiger partial charge in [-0.15, -0.1) is 11.8 Å². The summed E-state index contributed by atoms with van der Waals surface area (Å²) in [6.45, 7) is 11.3. The zero-order chi connectivity index (χ0) is 21.0. The lowest BCUT2D eigenvalue weighted by Crippen LogP contribution is -2.60. The molecule has 0 radical (unpaired) electrons. The van der Waals surface area contributed by atoms with Gasteiger partial charge in [-0.3, -0.25) is 14.4 Å². The van der Waals surface area contributed by atoms with Crippen LogP contribution in [-0.2, 0) is 19.1 Å². The summed E-state index contributed by atoms with van der Waals surface area (Å²) in [4.78, 5) is 41.2. The molecule has 28 heavy (non-hydrogen) atoms. The number of thioether (sulfide) groups is 1. The molecule has 0 aromatic heterocycles. The van der Waals surface area contributed by atoms with Crippen molar-refractivity contribution in [1.82, 2.24) is 10.2 Å². The third-order valence-corrected chi connectivity index (χ3v) is 8.30. The molecule has 7 nitrogen and oxygen atoms in total. The standard InChI is InChI=1S/C20H32N2O5S/c1-7-27-18(26)13-12-8-10(2)20(28-12)14(13)17(25)22(11(3)9-23)15(20)16(24)21-19(4,5)6/h10-15,23H,7-9H2,1-6H3,(H,21,24)/t10?,11-,12-,13+,14+,15?,20?/m1/s1. The highest BCUT2D eigenvalue weighted by atomic mass is 32.2. The van der Waals surface area contributed by atoms with Crippen LogP contribution in [0.5, 0.6) is 0 Å². The predicted octanol–water partition coefficient (Wildman–Crippen LogP) is 1.18. The first-order valence-corrected chi connectivity index (χ1v) is 11.0. The topological polar surface area (TPSA) is 95.9 Å². The van der Waals surface area contributed by atoms with E-state index in [9.17, 15) is 19.5 Å². The Morgan fingerprint density at radius 1 is 1.43 bits per heavy atom. The van der Waals surface area contributed by atoms with Crippen LogP contribution in [0.4, 0.5) is 0 Å². The molecular weight excluding hydrogens is 380 g/mol. The number of nitrogens with one attached hydrogen (secondary N) is 1. The molecule has 1 spiro atoms. The van der Waals surface area contributed by atoms with Gasteiger partial charge in [-0.25, -0.2) is 0 Å². The summed E-state index contributed by atoms with van der Waals surface area (Å²) < 4.78 is 4.62. The van der Waals surface area contributed by atoms with E-state index in [0.29, 0.717) is 0 Å². The van der Waals surface area contributed by atoms with Crippen LogP contribution < -0.4 is 5.32 Å². The fourth-order valence-electron chi connectivity index (χ4n) is 5.27. The van der Waals surface area contributed by atoms with Crippen molar-refractivity contribution >= 4 is 29.5 Å². The number of fused-ring (bicyclic) bond motifs is 1. The normalized spacial score (nSPS) is 37.8. The number of carbonyl (C=O) groups excluding carboxylic acids is 3. The molecule has 3 aliphatic heterocycles. The predicted molar refractivity (Wildman–Crippen MR) is 107 cm³/mol. The first-order valence-electron chi connectivity index (χ1n) is 10.1. The summed E-state index contributed by atoms with van der Waals surface area (Å²) >= 11 is 1.61. The molecule has 2 amide bonds. The molecule has 0 aliphatic carbocycles. The number of amides is 2. The fraction of sp³-hybridized carbons (Fsp3) is 0.850. The summed E-state index contributed by atoms with van der Waals surface area (Å²) in [5.41, 5.74) is -0.450. The van der Waals surface area contributed by atoms with Gasteiger partial charge in [0.15, 0.2) is 0 Å². The van der Waals surface area contributed by atoms with Gasteiger partial charge in [-0.2, -0.15) is 0 Å². The Labute approximate surface area is 170 Å². The summed E-state index contributed by atoms with van der Waals surface area (Å²) in [6, 6.07) is -1.21. The maximum Gasteiger partial charge on any atom is 0.310 e. The highest BCUT2D eigenvalue weighted by Gasteiger charge is 2.76. The molecule has 3 saturated heterocycles. The van der Waals surface area contributed by atoms with Crippen molar-refractivity contribution in [3.63, 3.8) is 0 Å². The Bertz CT molecular complexity index is 678. The van der Waals surface area contributed by atoms with Crippen LogP contribution in [0.15, 0.2) is 0 Å². The molecule has 3 aliphatic rings. The Kier molecular flexibility index (Phi) is 5.51. The zero-order valence-electron chi connectivity index (χ0n) is 17.5. The van der Waals surface area contributed by atoms with Crippen molar-refractivity contribution in [2.45, 2.75) is 75.6 Å². The number of esters is 1. The van der Waals surface area contributed by atoms with Crippen LogP contribution in [0.25, 0.3) is 0 Å². The van der Waals surface area contributed by atoms with Crippen LogP contribution in [0.3, 0.4) is 0 Å². The molecule has 0 aromatic carbocycles. The van der Waals surface area contributed by atoms with Crippen molar-refractivity contribution in [3.05, 3.63) is 0 Å². The summed E-state index contributed by atoms with van der Waals surface area (Å²) in [5, 5.41) is 12.8. The summed E-state index contributed by atoms with van der Waals surface area (Å²) in [6.07, 6.45) is 0.776. The molecule has 2 bridgehead atoms. The average Bonchev–Trinajstić information content (AvgIpc) is 3.16. The number of aliphatic hydroxyl groups is 1. The van der Waals surface area contributed by atoms with Crippen molar-refractivity contribution < 1.29 is 24.2 Å². The maximum atomic E-state index is 13.5. The molecule has 3 unspecified atom stereocenters. The van der Waals surface area contributed by atoms with Gasteiger partial charge in [0.2, 0.25) is 11.8 Å². The number of carbonyl (C=O) groups is 3. The minimum Gasteiger partial charge on any atom is -0.466 e. The average molecular weight is 413 g/mol. The first kappa shape index (κ1) is 21.4. The number of hydrogen-bond acceptors (Lipinski definition) is 6. The molecular formula is C20H32N2O5S. The van der Waals surface area contributed by atoms with Gasteiger partial charge in [0.05, 0.1) is 35.8 Å². The largest absolute Gasteiger partial charge is 0.466 e. The van der Waals surface area contributed by atoms with Crippen LogP contribution in [-0.4, -0.2) is 68.6 Å². The molecule has 0 aromatic rings. The molecule has 158 valence electrons. The summed E-state index contributed by atoms with van der Waals surface area (Å²) in [7, 11) is 0. The second-order valence-corrected chi connectivity index (χ2v) is 10.9. The van der Waals surface area contributed by atoms with Gasteiger partial charge < -0.3 is 20.1 Å². The van der Waals surface area contributed by atoms with E-state index in [0.717, 1.165) is 6.42 Å². The minimum absolute atomic E-state index is 0.0143. The second kappa shape index (κ2) is 7.20. The number of ether oxygens (including phenoxy) is 1. The van der Waals surface area contributed by atoms with Gasteiger partial charge in [-0.1, -0.05) is 6.92 Å². The van der Waals surface area contributed by atoms with E-state index >= 15 is 0 Å². The van der Waals surface area contributed by atoms with Gasteiger partial charge in [0.1, 0.15) is 6.04 Å². The molecule has 2 N–H and O–H groups in total. The lowest BCUT2D eigenvalue weighted by molar-refractivity contribution is -0.154. The smallest absolute Gasteiger partial charge is 0.310 e. The van der Waals surface area contributed by atoms with Gasteiger partial charge in [0.25, 0.3) is 0 Å². The lowest BCUT2D eigenvalue weighted by atomic mass is 9.66. The molecule has 3 rings (SSSR count). The number of nitrogens with zero attached hydrogens (tertiary/aromatic N) is 1. The van der Waals surface area contributed by atoms with Gasteiger partial charge in [-0.05, 0) is 47.0 Å². The second-order valence-electron chi connectivity index (χ2n) is 9.32. The first-order chi connectivity index (χ1) is 13.0. The van der Waals surface area contributed by atoms with Crippen LogP contribution in [0.2, 0.25) is 0 Å². The number of aliphatic hydroxyl groups excluding tert-OH is 1. The maximum absolute atomic E-state index is 13.5. The quantitative estimate of drug-likeness (QED) is 0.659. The Morgan fingerprint density at radius 3 is 2.61 bits per heavy atom. The third-order valence-electron chi connectivity index (χ3n) is 6.23. The SMILES string of the molecule is CCOC(=O)[C@@H]1[C@H]2C(=O)N([C@H](C)CO)C(C(=O)NC(C)(C)C)C23S[C@@H]1CC3C. The number of rotatable bonds is 5. The van der Waals surface area contributed by atoms with Crippen LogP contribution in [0.1, 0.15) is 48.0 Å². The van der Waals surface area contributed by atoms with E-state index < -0.39 is 34.2 Å². The van der Waals surface area contributed by atoms with Crippen molar-refractivity contribution in [2.75, 3.05) is 13.2 Å². The van der Waals surface area contributed by atoms with Crippen molar-refractivity contribution in [2.24, 2.45) is 17.8 Å². The monoisotopic (exact) mass is 412 g/mol. The van der Waals surface area contributed by atoms with Gasteiger partial charge >= 0.3 is 5.97 Å². The molecule has 3 heterocycles. The van der Waals surface area contributed by atoms with Crippen molar-refractivity contribution in [3.8, 4) is 0 Å². The minimum atomic E-state index is -0.712. The molecule has 8 heteroatoms. The summed E-state index contributed by atoms with van der Waals surface area (Å²) in [5.74, 6) is -1.79. The van der Waals surface area contributed by atoms with E-state index in [1.807, 2.05) is 20.8 Å². The Hall–Kier alpha value is -1.28. The third kappa shape index (κ3) is 3.03. The Balaban J connectivity index is 2.08. The molecule has 3 fully saturated rings. The van der Waals surface area contributed by atoms with E-state index in [-0.39, 0.29) is 42.2 Å². The highest BCUT2D eigenvalue weighted by molar-refractivity contribution is 8.02. The van der Waals surface area contributed by atoms with E-state index in [4.69, 9.17) is 4.74 Å². The zero-order valence-corrected chi connectivity index (χ0v) is 18.3. The Morgan fingerprint density at radius 2 is 2.07 bits per heavy atom. The van der Waals surface area contributed by atoms with Crippen LogP contribution in [0, 0.1) is 17.8 Å². The number of likely N-dealkylation sites (tertiary alicyclic amines) is 1. The highest BCUT2D eigenvalue weighted by Crippen LogP contribution is 2.68. The van der Waals surface area contributed by atoms with Gasteiger partial charge in [0, 0.05) is 10.8 Å². The molecule has 0 saturated carbocycles. The van der Waals surface area contributed by atoms with Crippen LogP contribution >= 0.6 is 11.8 Å². The lowest BCUT2D eigenvalue weighted by Gasteiger charge is -2.40. The van der Waals surface area contributed by atoms with E-state index in [2.05, 4.69) is 12.2 Å². The van der Waals surface area contributed by atoms with E-state index in [1.165, 1.54) is 4.90 Å². The molecule has 7 atom stereocenters.